The number of nitrogen functional groups attached to an aromatic ring is 2. The van der Waals surface area contributed by atoms with Gasteiger partial charge in [0.05, 0.1) is 51.8 Å². The number of hydrogen-bond donors (Lipinski definition) is 2. The Morgan fingerprint density at radius 1 is 0.727 bits per heavy atom. The number of hydrogen-bond acceptors (Lipinski definition) is 7. The van der Waals surface area contributed by atoms with E-state index >= 15 is 0 Å². The van der Waals surface area contributed by atoms with Crippen LogP contribution in [0.1, 0.15) is 23.1 Å². The Bertz CT molecular complexity index is 1150. The van der Waals surface area contributed by atoms with Gasteiger partial charge in [0.15, 0.2) is 11.5 Å². The second-order valence-corrected chi connectivity index (χ2v) is 7.68. The first-order valence-corrected chi connectivity index (χ1v) is 10.3. The molecule has 33 heavy (non-hydrogen) atoms. The zero-order valence-corrected chi connectivity index (χ0v) is 19.0. The highest BCUT2D eigenvalue weighted by atomic mass is 16.5. The molecule has 0 bridgehead atoms. The largest absolute Gasteiger partial charge is 0.495 e. The number of benzene rings is 3. The first kappa shape index (κ1) is 22.1. The fraction of sp³-hybridized carbons (Fsp3) is 0.240. The average Bonchev–Trinajstić information content (AvgIpc) is 2.82. The van der Waals surface area contributed by atoms with Crippen LogP contribution in [0.2, 0.25) is 0 Å². The summed E-state index contributed by atoms with van der Waals surface area (Å²) in [6.45, 7) is 0. The maximum Gasteiger partial charge on any atom is 0.237 e. The lowest BCUT2D eigenvalue weighted by Gasteiger charge is -2.48. The Morgan fingerprint density at radius 2 is 1.30 bits per heavy atom. The molecule has 8 nitrogen and oxygen atoms in total. The molecule has 1 aliphatic heterocycles. The minimum atomic E-state index is -0.405. The maximum atomic E-state index is 13.5. The minimum absolute atomic E-state index is 0.0616. The van der Waals surface area contributed by atoms with E-state index in [-0.39, 0.29) is 11.9 Å². The predicted octanol–water partition coefficient (Wildman–Crippen LogP) is 3.76. The van der Waals surface area contributed by atoms with E-state index in [0.717, 1.165) is 11.1 Å². The van der Waals surface area contributed by atoms with Crippen LogP contribution in [0.5, 0.6) is 23.0 Å². The summed E-state index contributed by atoms with van der Waals surface area (Å²) in [4.78, 5) is 15.2. The van der Waals surface area contributed by atoms with Gasteiger partial charge in [-0.2, -0.15) is 0 Å². The number of nitrogens with two attached hydrogens (primary N) is 2. The molecule has 1 aliphatic rings. The van der Waals surface area contributed by atoms with E-state index in [9.17, 15) is 4.79 Å². The molecule has 3 aromatic carbocycles. The number of methoxy groups -OCH3 is 4. The number of rotatable bonds is 7. The van der Waals surface area contributed by atoms with Crippen molar-refractivity contribution in [1.29, 1.82) is 0 Å². The molecule has 0 aliphatic carbocycles. The Hall–Kier alpha value is -4.07. The first-order valence-electron chi connectivity index (χ1n) is 10.3. The molecule has 1 saturated heterocycles. The third-order valence-corrected chi connectivity index (χ3v) is 5.92. The summed E-state index contributed by atoms with van der Waals surface area (Å²) in [6, 6.07) is 16.1. The van der Waals surface area contributed by atoms with Crippen LogP contribution in [-0.2, 0) is 4.79 Å². The molecule has 1 fully saturated rings. The van der Waals surface area contributed by atoms with E-state index in [4.69, 9.17) is 30.4 Å². The summed E-state index contributed by atoms with van der Waals surface area (Å²) in [5, 5.41) is 0. The molecule has 1 amide bonds. The Labute approximate surface area is 192 Å². The van der Waals surface area contributed by atoms with Crippen molar-refractivity contribution in [2.24, 2.45) is 0 Å². The molecule has 4 N–H and O–H groups in total. The summed E-state index contributed by atoms with van der Waals surface area (Å²) < 4.78 is 21.7. The number of nitrogens with zero attached hydrogens (tertiary/aromatic N) is 1. The third-order valence-electron chi connectivity index (χ3n) is 5.92. The predicted molar refractivity (Wildman–Crippen MR) is 127 cm³/mol. The van der Waals surface area contributed by atoms with E-state index in [0.29, 0.717) is 40.1 Å². The Balaban J connectivity index is 1.84. The number of β-lactam (4-membered cyclic amide) rings is 1. The van der Waals surface area contributed by atoms with E-state index in [1.807, 2.05) is 24.3 Å². The van der Waals surface area contributed by atoms with Gasteiger partial charge in [-0.15, -0.1) is 0 Å². The van der Waals surface area contributed by atoms with Crippen LogP contribution in [0, 0.1) is 0 Å². The summed E-state index contributed by atoms with van der Waals surface area (Å²) in [6.07, 6.45) is 0. The zero-order chi connectivity index (χ0) is 23.7. The molecule has 4 rings (SSSR count). The normalized spacial score (nSPS) is 17.3. The Morgan fingerprint density at radius 3 is 1.82 bits per heavy atom. The smallest absolute Gasteiger partial charge is 0.237 e. The van der Waals surface area contributed by atoms with E-state index in [1.165, 1.54) is 21.3 Å². The number of carbonyl (C=O) groups excluding carboxylic acids is 1. The van der Waals surface area contributed by atoms with Crippen LogP contribution in [0.4, 0.5) is 17.1 Å². The van der Waals surface area contributed by atoms with Crippen LogP contribution in [-0.4, -0.2) is 34.3 Å². The molecule has 0 radical (unpaired) electrons. The molecule has 8 heteroatoms. The van der Waals surface area contributed by atoms with Gasteiger partial charge in [-0.05, 0) is 35.4 Å². The second kappa shape index (κ2) is 8.82. The lowest BCUT2D eigenvalue weighted by Crippen LogP contribution is -2.53. The van der Waals surface area contributed by atoms with Gasteiger partial charge in [-0.3, -0.25) is 4.79 Å². The van der Waals surface area contributed by atoms with Gasteiger partial charge in [0, 0.05) is 17.8 Å². The van der Waals surface area contributed by atoms with Gasteiger partial charge in [-0.25, -0.2) is 0 Å². The number of ether oxygens (including phenoxy) is 4. The highest BCUT2D eigenvalue weighted by Gasteiger charge is 2.50. The molecule has 2 atom stereocenters. The van der Waals surface area contributed by atoms with Gasteiger partial charge in [0.25, 0.3) is 0 Å². The molecular weight excluding hydrogens is 422 g/mol. The molecule has 0 spiro atoms. The number of amides is 1. The fourth-order valence-electron chi connectivity index (χ4n) is 4.29. The maximum absolute atomic E-state index is 13.5. The molecular formula is C25H27N3O5. The van der Waals surface area contributed by atoms with Crippen molar-refractivity contribution in [3.05, 3.63) is 65.7 Å². The second-order valence-electron chi connectivity index (χ2n) is 7.68. The summed E-state index contributed by atoms with van der Waals surface area (Å²) in [7, 11) is 6.18. The topological polar surface area (TPSA) is 109 Å². The summed E-state index contributed by atoms with van der Waals surface area (Å²) >= 11 is 0. The summed E-state index contributed by atoms with van der Waals surface area (Å²) in [5.41, 5.74) is 15.6. The van der Waals surface area contributed by atoms with Crippen molar-refractivity contribution in [2.75, 3.05) is 44.8 Å². The Kier molecular flexibility index (Phi) is 5.91. The van der Waals surface area contributed by atoms with E-state index in [2.05, 4.69) is 0 Å². The molecule has 0 saturated carbocycles. The van der Waals surface area contributed by atoms with Crippen molar-refractivity contribution in [2.45, 2.75) is 12.0 Å². The average molecular weight is 450 g/mol. The molecule has 172 valence electrons. The van der Waals surface area contributed by atoms with Crippen molar-refractivity contribution in [3.63, 3.8) is 0 Å². The number of anilines is 3. The van der Waals surface area contributed by atoms with Gasteiger partial charge in [0.1, 0.15) is 5.75 Å². The van der Waals surface area contributed by atoms with Gasteiger partial charge >= 0.3 is 0 Å². The molecule has 3 aromatic rings. The zero-order valence-electron chi connectivity index (χ0n) is 19.0. The van der Waals surface area contributed by atoms with Crippen LogP contribution >= 0.6 is 0 Å². The van der Waals surface area contributed by atoms with Crippen molar-refractivity contribution in [1.82, 2.24) is 0 Å². The van der Waals surface area contributed by atoms with Gasteiger partial charge in [-0.1, -0.05) is 18.2 Å². The van der Waals surface area contributed by atoms with Crippen LogP contribution < -0.4 is 35.3 Å². The minimum Gasteiger partial charge on any atom is -0.495 e. The highest BCUT2D eigenvalue weighted by Crippen LogP contribution is 2.52. The quantitative estimate of drug-likeness (QED) is 0.417. The number of carbonyl (C=O) groups is 1. The van der Waals surface area contributed by atoms with E-state index < -0.39 is 5.92 Å². The standard InChI is InChI=1S/C25H27N3O5/c1-30-19-10-7-15(11-18(19)27)23-22(14-5-8-16(26)9-6-14)25(29)28(23)17-12-20(31-2)24(33-4)21(13-17)32-3/h5-13,22-23H,26-27H2,1-4H3/t22-,23-/m1/s1. The van der Waals surface area contributed by atoms with Crippen LogP contribution in [0.15, 0.2) is 54.6 Å². The molecule has 0 unspecified atom stereocenters. The lowest BCUT2D eigenvalue weighted by atomic mass is 9.77. The summed E-state index contributed by atoms with van der Waals surface area (Å²) in [5.74, 6) is 1.49. The first-order chi connectivity index (χ1) is 15.9. The molecule has 0 aromatic heterocycles. The van der Waals surface area contributed by atoms with Crippen molar-refractivity contribution < 1.29 is 23.7 Å². The third kappa shape index (κ3) is 3.73. The van der Waals surface area contributed by atoms with Crippen LogP contribution in [0.3, 0.4) is 0 Å². The van der Waals surface area contributed by atoms with Crippen LogP contribution in [0.25, 0.3) is 0 Å². The lowest BCUT2D eigenvalue weighted by molar-refractivity contribution is -0.126. The van der Waals surface area contributed by atoms with Gasteiger partial charge in [0.2, 0.25) is 11.7 Å². The van der Waals surface area contributed by atoms with Gasteiger partial charge < -0.3 is 35.3 Å². The SMILES string of the molecule is COc1ccc([C@@H]2[C@@H](c3ccc(N)cc3)C(=O)N2c2cc(OC)c(OC)c(OC)c2)cc1N. The van der Waals surface area contributed by atoms with E-state index in [1.54, 1.807) is 42.3 Å². The highest BCUT2D eigenvalue weighted by molar-refractivity contribution is 6.07. The van der Waals surface area contributed by atoms with Crippen molar-refractivity contribution >= 4 is 23.0 Å². The fourth-order valence-corrected chi connectivity index (χ4v) is 4.29. The van der Waals surface area contributed by atoms with Crippen molar-refractivity contribution in [3.8, 4) is 23.0 Å². The molecule has 1 heterocycles. The monoisotopic (exact) mass is 449 g/mol.